The van der Waals surface area contributed by atoms with E-state index in [-0.39, 0.29) is 4.75 Å². The van der Waals surface area contributed by atoms with Crippen LogP contribution in [0.15, 0.2) is 18.3 Å². The van der Waals surface area contributed by atoms with Gasteiger partial charge in [-0.25, -0.2) is 4.98 Å². The van der Waals surface area contributed by atoms with Crippen LogP contribution in [0.2, 0.25) is 0 Å². The van der Waals surface area contributed by atoms with Crippen LogP contribution in [0, 0.1) is 0 Å². The Hall–Kier alpha value is -0.740. The molecule has 0 radical (unpaired) electrons. The van der Waals surface area contributed by atoms with Crippen molar-refractivity contribution in [1.82, 2.24) is 4.98 Å². The normalized spacial score (nSPS) is 21.3. The van der Waals surface area contributed by atoms with E-state index in [0.29, 0.717) is 0 Å². The molecule has 0 aromatic carbocycles. The van der Waals surface area contributed by atoms with Gasteiger partial charge in [0.2, 0.25) is 0 Å². The molecule has 94 valence electrons. The fourth-order valence-corrected chi connectivity index (χ4v) is 3.31. The summed E-state index contributed by atoms with van der Waals surface area (Å²) < 4.78 is 0.256. The van der Waals surface area contributed by atoms with Crippen LogP contribution in [0.5, 0.6) is 0 Å². The highest BCUT2D eigenvalue weighted by Gasteiger charge is 2.29. The first-order valence-corrected chi connectivity index (χ1v) is 7.00. The molecule has 0 spiro atoms. The summed E-state index contributed by atoms with van der Waals surface area (Å²) in [6, 6.07) is 3.84. The second kappa shape index (κ2) is 4.86. The van der Waals surface area contributed by atoms with Gasteiger partial charge in [-0.2, -0.15) is 11.8 Å². The van der Waals surface area contributed by atoms with Crippen molar-refractivity contribution >= 4 is 17.6 Å². The van der Waals surface area contributed by atoms with Crippen LogP contribution >= 0.6 is 11.8 Å². The van der Waals surface area contributed by atoms with Crippen molar-refractivity contribution in [3.05, 3.63) is 23.9 Å². The number of aliphatic hydroxyl groups is 1. The maximum Gasteiger partial charge on any atom is 0.134 e. The summed E-state index contributed by atoms with van der Waals surface area (Å²) in [5, 5.41) is 9.79. The summed E-state index contributed by atoms with van der Waals surface area (Å²) in [6.45, 7) is 8.30. The highest BCUT2D eigenvalue weighted by atomic mass is 32.2. The van der Waals surface area contributed by atoms with Gasteiger partial charge < -0.3 is 10.0 Å². The molecule has 1 aromatic heterocycles. The number of thioether (sulfide) groups is 1. The number of rotatable bonds is 2. The molecule has 1 fully saturated rings. The Balaban J connectivity index is 2.27. The maximum atomic E-state index is 9.79. The molecular weight excluding hydrogens is 232 g/mol. The third kappa shape index (κ3) is 2.93. The largest absolute Gasteiger partial charge is 0.389 e. The van der Waals surface area contributed by atoms with Gasteiger partial charge in [-0.15, -0.1) is 0 Å². The van der Waals surface area contributed by atoms with Crippen molar-refractivity contribution in [2.24, 2.45) is 0 Å². The van der Waals surface area contributed by atoms with Crippen LogP contribution in [0.3, 0.4) is 0 Å². The summed E-state index contributed by atoms with van der Waals surface area (Å²) in [7, 11) is 0. The Labute approximate surface area is 107 Å². The summed E-state index contributed by atoms with van der Waals surface area (Å²) in [6.07, 6.45) is 1.34. The Bertz CT molecular complexity index is 393. The van der Waals surface area contributed by atoms with E-state index in [1.54, 1.807) is 13.1 Å². The average molecular weight is 252 g/mol. The molecule has 1 aromatic rings. The Kier molecular flexibility index (Phi) is 3.64. The van der Waals surface area contributed by atoms with Crippen LogP contribution in [-0.4, -0.2) is 33.7 Å². The minimum absolute atomic E-state index is 0.256. The van der Waals surface area contributed by atoms with E-state index in [9.17, 15) is 5.11 Å². The fourth-order valence-electron chi connectivity index (χ4n) is 2.20. The second-order valence-corrected chi connectivity index (χ2v) is 6.92. The van der Waals surface area contributed by atoms with Gasteiger partial charge in [0.15, 0.2) is 0 Å². The van der Waals surface area contributed by atoms with E-state index in [0.717, 1.165) is 30.2 Å². The molecule has 0 bridgehead atoms. The van der Waals surface area contributed by atoms with Gasteiger partial charge in [0.25, 0.3) is 0 Å². The predicted octanol–water partition coefficient (Wildman–Crippen LogP) is 2.47. The SMILES string of the molecule is C[C@@H](O)c1cccnc1N1CCSC(C)(C)C1. The van der Waals surface area contributed by atoms with Crippen molar-refractivity contribution in [1.29, 1.82) is 0 Å². The van der Waals surface area contributed by atoms with Crippen LogP contribution in [0.4, 0.5) is 5.82 Å². The standard InChI is InChI=1S/C13H20N2OS/c1-10(16)11-5-4-6-14-12(11)15-7-8-17-13(2,3)9-15/h4-6,10,16H,7-9H2,1-3H3/t10-/m1/s1. The smallest absolute Gasteiger partial charge is 0.134 e. The Morgan fingerprint density at radius 2 is 2.29 bits per heavy atom. The van der Waals surface area contributed by atoms with Gasteiger partial charge in [-0.05, 0) is 26.8 Å². The molecule has 2 heterocycles. The zero-order valence-electron chi connectivity index (χ0n) is 10.7. The van der Waals surface area contributed by atoms with Crippen molar-refractivity contribution < 1.29 is 5.11 Å². The van der Waals surface area contributed by atoms with E-state index in [1.165, 1.54) is 0 Å². The van der Waals surface area contributed by atoms with Crippen molar-refractivity contribution in [2.45, 2.75) is 31.6 Å². The minimum Gasteiger partial charge on any atom is -0.389 e. The molecule has 1 atom stereocenters. The van der Waals surface area contributed by atoms with Crippen molar-refractivity contribution in [2.75, 3.05) is 23.7 Å². The van der Waals surface area contributed by atoms with Crippen LogP contribution < -0.4 is 4.90 Å². The van der Waals surface area contributed by atoms with Gasteiger partial charge in [-0.1, -0.05) is 6.07 Å². The molecule has 3 nitrogen and oxygen atoms in total. The zero-order valence-corrected chi connectivity index (χ0v) is 11.5. The van der Waals surface area contributed by atoms with Crippen LogP contribution in [0.25, 0.3) is 0 Å². The molecule has 0 aliphatic carbocycles. The highest BCUT2D eigenvalue weighted by molar-refractivity contribution is 8.00. The summed E-state index contributed by atoms with van der Waals surface area (Å²) in [4.78, 5) is 6.74. The predicted molar refractivity (Wildman–Crippen MR) is 73.6 cm³/mol. The quantitative estimate of drug-likeness (QED) is 0.877. The molecule has 1 aliphatic rings. The summed E-state index contributed by atoms with van der Waals surface area (Å²) >= 11 is 2.00. The van der Waals surface area contributed by atoms with E-state index in [2.05, 4.69) is 23.7 Å². The van der Waals surface area contributed by atoms with E-state index in [4.69, 9.17) is 0 Å². The number of hydrogen-bond acceptors (Lipinski definition) is 4. The number of aromatic nitrogens is 1. The molecular formula is C13H20N2OS. The van der Waals surface area contributed by atoms with Crippen molar-refractivity contribution in [3.8, 4) is 0 Å². The number of hydrogen-bond donors (Lipinski definition) is 1. The zero-order chi connectivity index (χ0) is 12.5. The molecule has 17 heavy (non-hydrogen) atoms. The molecule has 4 heteroatoms. The van der Waals surface area contributed by atoms with E-state index in [1.807, 2.05) is 23.9 Å². The molecule has 0 unspecified atom stereocenters. The Morgan fingerprint density at radius 1 is 1.53 bits per heavy atom. The lowest BCUT2D eigenvalue weighted by atomic mass is 10.1. The monoisotopic (exact) mass is 252 g/mol. The molecule has 0 saturated carbocycles. The lowest BCUT2D eigenvalue weighted by Gasteiger charge is -2.39. The Morgan fingerprint density at radius 3 is 2.94 bits per heavy atom. The number of nitrogens with zero attached hydrogens (tertiary/aromatic N) is 2. The average Bonchev–Trinajstić information content (AvgIpc) is 2.27. The maximum absolute atomic E-state index is 9.79. The topological polar surface area (TPSA) is 36.4 Å². The van der Waals surface area contributed by atoms with Gasteiger partial charge in [-0.3, -0.25) is 0 Å². The molecule has 1 N–H and O–H groups in total. The van der Waals surface area contributed by atoms with Crippen molar-refractivity contribution in [3.63, 3.8) is 0 Å². The summed E-state index contributed by atoms with van der Waals surface area (Å²) in [5.41, 5.74) is 0.926. The lowest BCUT2D eigenvalue weighted by molar-refractivity contribution is 0.199. The minimum atomic E-state index is -0.462. The van der Waals surface area contributed by atoms with Gasteiger partial charge in [0.1, 0.15) is 5.82 Å². The van der Waals surface area contributed by atoms with E-state index < -0.39 is 6.10 Å². The number of pyridine rings is 1. The fraction of sp³-hybridized carbons (Fsp3) is 0.615. The van der Waals surface area contributed by atoms with Gasteiger partial charge in [0.05, 0.1) is 6.10 Å². The van der Waals surface area contributed by atoms with Crippen LogP contribution in [0.1, 0.15) is 32.4 Å². The third-order valence-corrected chi connectivity index (χ3v) is 4.29. The first-order valence-electron chi connectivity index (χ1n) is 6.01. The number of anilines is 1. The molecule has 1 aliphatic heterocycles. The first kappa shape index (κ1) is 12.7. The molecule has 2 rings (SSSR count). The summed E-state index contributed by atoms with van der Waals surface area (Å²) in [5.74, 6) is 2.05. The molecule has 1 saturated heterocycles. The second-order valence-electron chi connectivity index (χ2n) is 5.12. The molecule has 0 amide bonds. The lowest BCUT2D eigenvalue weighted by Crippen LogP contribution is -2.44. The number of aliphatic hydroxyl groups excluding tert-OH is 1. The first-order chi connectivity index (χ1) is 7.99. The third-order valence-electron chi connectivity index (χ3n) is 2.99. The highest BCUT2D eigenvalue weighted by Crippen LogP contribution is 2.33. The van der Waals surface area contributed by atoms with Gasteiger partial charge in [0, 0.05) is 35.3 Å². The van der Waals surface area contributed by atoms with Crippen LogP contribution in [-0.2, 0) is 0 Å². The van der Waals surface area contributed by atoms with Gasteiger partial charge >= 0.3 is 0 Å². The van der Waals surface area contributed by atoms with E-state index >= 15 is 0 Å².